The molecule has 4 heteroatoms. The normalized spacial score (nSPS) is 27.8. The predicted octanol–water partition coefficient (Wildman–Crippen LogP) is 2.36. The highest BCUT2D eigenvalue weighted by Gasteiger charge is 2.29. The molecular weight excluding hydrogens is 256 g/mol. The van der Waals surface area contributed by atoms with Gasteiger partial charge in [0.05, 0.1) is 17.9 Å². The molecule has 1 aliphatic heterocycles. The Labute approximate surface area is 119 Å². The molecule has 4 nitrogen and oxygen atoms in total. The van der Waals surface area contributed by atoms with Crippen molar-refractivity contribution in [1.29, 1.82) is 0 Å². The van der Waals surface area contributed by atoms with Crippen molar-refractivity contribution in [3.63, 3.8) is 0 Å². The molecule has 1 fully saturated rings. The third-order valence-electron chi connectivity index (χ3n) is 3.47. The van der Waals surface area contributed by atoms with E-state index in [1.54, 1.807) is 6.92 Å². The number of carbonyl (C=O) groups is 2. The van der Waals surface area contributed by atoms with Crippen LogP contribution < -0.4 is 0 Å². The van der Waals surface area contributed by atoms with Crippen LogP contribution in [0, 0.1) is 11.8 Å². The van der Waals surface area contributed by atoms with E-state index >= 15 is 0 Å². The van der Waals surface area contributed by atoms with Gasteiger partial charge in [0.25, 0.3) is 0 Å². The lowest BCUT2D eigenvalue weighted by Crippen LogP contribution is -2.24. The first-order valence-corrected chi connectivity index (χ1v) is 6.97. The van der Waals surface area contributed by atoms with Crippen LogP contribution in [0.5, 0.6) is 0 Å². The Morgan fingerprint density at radius 2 is 1.80 bits per heavy atom. The van der Waals surface area contributed by atoms with Gasteiger partial charge in [0.15, 0.2) is 0 Å². The Bertz CT molecular complexity index is 469. The molecule has 108 valence electrons. The highest BCUT2D eigenvalue weighted by Crippen LogP contribution is 2.20. The number of hydrogen-bond donors (Lipinski definition) is 0. The molecule has 1 aromatic carbocycles. The van der Waals surface area contributed by atoms with Crippen LogP contribution in [0.4, 0.5) is 0 Å². The predicted molar refractivity (Wildman–Crippen MR) is 73.9 cm³/mol. The molecule has 3 atom stereocenters. The summed E-state index contributed by atoms with van der Waals surface area (Å²) in [6.45, 7) is 3.62. The number of carbonyl (C=O) groups excluding carboxylic acids is 2. The minimum absolute atomic E-state index is 0.0929. The fourth-order valence-corrected chi connectivity index (χ4v) is 2.32. The second-order valence-corrected chi connectivity index (χ2v) is 5.40. The van der Waals surface area contributed by atoms with E-state index in [-0.39, 0.29) is 30.6 Å². The van der Waals surface area contributed by atoms with Gasteiger partial charge in [-0.05, 0) is 32.3 Å². The van der Waals surface area contributed by atoms with E-state index in [9.17, 15) is 9.59 Å². The molecule has 0 unspecified atom stereocenters. The summed E-state index contributed by atoms with van der Waals surface area (Å²) in [5.41, 5.74) is 1.08. The summed E-state index contributed by atoms with van der Waals surface area (Å²) in [6, 6.07) is 9.80. The fourth-order valence-electron chi connectivity index (χ4n) is 2.32. The third kappa shape index (κ3) is 3.83. The Kier molecular flexibility index (Phi) is 4.77. The molecule has 2 rings (SSSR count). The minimum Gasteiger partial charge on any atom is -0.465 e. The average molecular weight is 276 g/mol. The molecule has 0 aliphatic carbocycles. The smallest absolute Gasteiger partial charge is 0.312 e. The van der Waals surface area contributed by atoms with E-state index in [1.165, 1.54) is 0 Å². The summed E-state index contributed by atoms with van der Waals surface area (Å²) in [4.78, 5) is 23.8. The molecule has 20 heavy (non-hydrogen) atoms. The lowest BCUT2D eigenvalue weighted by atomic mass is 9.94. The van der Waals surface area contributed by atoms with Gasteiger partial charge < -0.3 is 9.47 Å². The third-order valence-corrected chi connectivity index (χ3v) is 3.47. The SMILES string of the molecule is C[C@H]1C[C@@H](Cc2ccccc2)C(=O)OC[C@H](C)C(=O)O1. The Morgan fingerprint density at radius 1 is 1.10 bits per heavy atom. The van der Waals surface area contributed by atoms with Crippen LogP contribution in [0.3, 0.4) is 0 Å². The summed E-state index contributed by atoms with van der Waals surface area (Å²) in [6.07, 6.45) is 0.826. The standard InChI is InChI=1S/C16H20O4/c1-11-10-19-16(18)14(8-12(2)20-15(11)17)9-13-6-4-3-5-7-13/h3-7,11-12,14H,8-10H2,1-2H3/t11-,12-,14-/m0/s1. The Hall–Kier alpha value is -1.84. The van der Waals surface area contributed by atoms with Crippen molar-refractivity contribution in [2.45, 2.75) is 32.8 Å². The van der Waals surface area contributed by atoms with E-state index in [4.69, 9.17) is 9.47 Å². The first kappa shape index (κ1) is 14.6. The number of ether oxygens (including phenoxy) is 2. The molecule has 0 radical (unpaired) electrons. The van der Waals surface area contributed by atoms with Gasteiger partial charge in [-0.3, -0.25) is 9.59 Å². The van der Waals surface area contributed by atoms with E-state index in [0.29, 0.717) is 12.8 Å². The van der Waals surface area contributed by atoms with Crippen molar-refractivity contribution in [1.82, 2.24) is 0 Å². The first-order chi connectivity index (χ1) is 9.56. The minimum atomic E-state index is -0.406. The molecule has 1 saturated heterocycles. The van der Waals surface area contributed by atoms with Crippen LogP contribution in [0.1, 0.15) is 25.8 Å². The molecule has 0 bridgehead atoms. The van der Waals surface area contributed by atoms with Gasteiger partial charge in [-0.15, -0.1) is 0 Å². The fraction of sp³-hybridized carbons (Fsp3) is 0.500. The van der Waals surface area contributed by atoms with E-state index in [1.807, 2.05) is 37.3 Å². The van der Waals surface area contributed by atoms with Gasteiger partial charge in [0.2, 0.25) is 0 Å². The number of hydrogen-bond acceptors (Lipinski definition) is 4. The molecule has 0 amide bonds. The van der Waals surface area contributed by atoms with E-state index < -0.39 is 5.92 Å². The molecule has 1 aliphatic rings. The van der Waals surface area contributed by atoms with Crippen LogP contribution in [-0.4, -0.2) is 24.6 Å². The topological polar surface area (TPSA) is 52.6 Å². The largest absolute Gasteiger partial charge is 0.465 e. The van der Waals surface area contributed by atoms with Gasteiger partial charge in [-0.25, -0.2) is 0 Å². The molecule has 1 heterocycles. The molecular formula is C16H20O4. The van der Waals surface area contributed by atoms with Crippen LogP contribution >= 0.6 is 0 Å². The van der Waals surface area contributed by atoms with Crippen molar-refractivity contribution in [3.8, 4) is 0 Å². The van der Waals surface area contributed by atoms with Gasteiger partial charge in [-0.2, -0.15) is 0 Å². The van der Waals surface area contributed by atoms with Crippen LogP contribution in [0.2, 0.25) is 0 Å². The number of rotatable bonds is 2. The Morgan fingerprint density at radius 3 is 2.50 bits per heavy atom. The summed E-state index contributed by atoms with van der Waals surface area (Å²) in [7, 11) is 0. The van der Waals surface area contributed by atoms with Crippen molar-refractivity contribution < 1.29 is 19.1 Å². The summed E-state index contributed by atoms with van der Waals surface area (Å²) < 4.78 is 10.6. The zero-order valence-corrected chi connectivity index (χ0v) is 11.9. The lowest BCUT2D eigenvalue weighted by molar-refractivity contribution is -0.154. The van der Waals surface area contributed by atoms with Crippen LogP contribution in [-0.2, 0) is 25.5 Å². The van der Waals surface area contributed by atoms with Crippen LogP contribution in [0.15, 0.2) is 30.3 Å². The summed E-state index contributed by atoms with van der Waals surface area (Å²) in [5.74, 6) is -1.22. The quantitative estimate of drug-likeness (QED) is 0.778. The van der Waals surface area contributed by atoms with E-state index in [0.717, 1.165) is 5.56 Å². The van der Waals surface area contributed by atoms with Gasteiger partial charge in [0, 0.05) is 0 Å². The van der Waals surface area contributed by atoms with E-state index in [2.05, 4.69) is 0 Å². The molecule has 1 aromatic rings. The molecule has 0 saturated carbocycles. The molecule has 0 N–H and O–H groups in total. The van der Waals surface area contributed by atoms with Crippen molar-refractivity contribution in [2.75, 3.05) is 6.61 Å². The average Bonchev–Trinajstić information content (AvgIpc) is 2.47. The number of esters is 2. The Balaban J connectivity index is 2.10. The molecule has 0 spiro atoms. The van der Waals surface area contributed by atoms with Crippen LogP contribution in [0.25, 0.3) is 0 Å². The highest BCUT2D eigenvalue weighted by atomic mass is 16.6. The highest BCUT2D eigenvalue weighted by molar-refractivity contribution is 5.76. The second kappa shape index (κ2) is 6.55. The van der Waals surface area contributed by atoms with Crippen molar-refractivity contribution >= 4 is 11.9 Å². The van der Waals surface area contributed by atoms with Gasteiger partial charge >= 0.3 is 11.9 Å². The lowest BCUT2D eigenvalue weighted by Gasteiger charge is -2.18. The first-order valence-electron chi connectivity index (χ1n) is 6.97. The number of cyclic esters (lactones) is 2. The summed E-state index contributed by atoms with van der Waals surface area (Å²) >= 11 is 0. The second-order valence-electron chi connectivity index (χ2n) is 5.40. The van der Waals surface area contributed by atoms with Crippen molar-refractivity contribution in [2.24, 2.45) is 11.8 Å². The van der Waals surface area contributed by atoms with Gasteiger partial charge in [-0.1, -0.05) is 30.3 Å². The maximum Gasteiger partial charge on any atom is 0.312 e. The summed E-state index contributed by atoms with van der Waals surface area (Å²) in [5, 5.41) is 0. The maximum atomic E-state index is 12.1. The molecule has 0 aromatic heterocycles. The zero-order valence-electron chi connectivity index (χ0n) is 11.9. The van der Waals surface area contributed by atoms with Crippen molar-refractivity contribution in [3.05, 3.63) is 35.9 Å². The van der Waals surface area contributed by atoms with Gasteiger partial charge in [0.1, 0.15) is 6.61 Å². The maximum absolute atomic E-state index is 12.1. The monoisotopic (exact) mass is 276 g/mol. The zero-order chi connectivity index (χ0) is 14.5. The number of benzene rings is 1.